The van der Waals surface area contributed by atoms with E-state index in [-0.39, 0.29) is 0 Å². The summed E-state index contributed by atoms with van der Waals surface area (Å²) in [7, 11) is 0. The summed E-state index contributed by atoms with van der Waals surface area (Å²) >= 11 is 6.91. The van der Waals surface area contributed by atoms with Gasteiger partial charge in [0.2, 0.25) is 0 Å². The number of hydrogen-bond donors (Lipinski definition) is 2. The van der Waals surface area contributed by atoms with Crippen molar-refractivity contribution in [3.63, 3.8) is 0 Å². The number of fused-ring (bicyclic) bond motifs is 1. The van der Waals surface area contributed by atoms with E-state index in [2.05, 4.69) is 10.9 Å². The summed E-state index contributed by atoms with van der Waals surface area (Å²) in [5.74, 6) is -0.301. The minimum Gasteiger partial charge on any atom is -0.481 e. The van der Waals surface area contributed by atoms with Gasteiger partial charge in [-0.1, -0.05) is 41.9 Å². The van der Waals surface area contributed by atoms with Gasteiger partial charge in [-0.15, -0.1) is 11.3 Å². The second-order valence-corrected chi connectivity index (χ2v) is 7.03. The topological polar surface area (TPSA) is 67.4 Å². The van der Waals surface area contributed by atoms with E-state index in [9.17, 15) is 9.59 Å². The van der Waals surface area contributed by atoms with Crippen LogP contribution in [-0.2, 0) is 4.79 Å². The second-order valence-electron chi connectivity index (χ2n) is 5.32. The van der Waals surface area contributed by atoms with Crippen molar-refractivity contribution in [1.29, 1.82) is 0 Å². The van der Waals surface area contributed by atoms with Gasteiger partial charge in [-0.3, -0.25) is 20.4 Å². The van der Waals surface area contributed by atoms with E-state index in [1.54, 1.807) is 25.1 Å². The minimum atomic E-state index is -0.770. The van der Waals surface area contributed by atoms with E-state index in [4.69, 9.17) is 16.3 Å². The van der Waals surface area contributed by atoms with Gasteiger partial charge in [0.1, 0.15) is 5.75 Å². The first-order chi connectivity index (χ1) is 12.0. The van der Waals surface area contributed by atoms with E-state index in [0.29, 0.717) is 15.0 Å². The predicted octanol–water partition coefficient (Wildman–Crippen LogP) is 3.78. The normalized spacial score (nSPS) is 11.8. The average Bonchev–Trinajstić information content (AvgIpc) is 3.05. The van der Waals surface area contributed by atoms with Crippen molar-refractivity contribution < 1.29 is 14.3 Å². The molecule has 0 bridgehead atoms. The van der Waals surface area contributed by atoms with Crippen LogP contribution < -0.4 is 15.6 Å². The summed E-state index contributed by atoms with van der Waals surface area (Å²) in [6.45, 7) is 1.61. The molecular weight excluding hydrogens is 360 g/mol. The molecule has 0 aliphatic rings. The van der Waals surface area contributed by atoms with E-state index < -0.39 is 17.9 Å². The Hall–Kier alpha value is -2.57. The molecule has 1 atom stereocenters. The number of benzene rings is 2. The molecule has 5 nitrogen and oxygen atoms in total. The fourth-order valence-corrected chi connectivity index (χ4v) is 3.15. The van der Waals surface area contributed by atoms with Gasteiger partial charge in [-0.05, 0) is 42.0 Å². The van der Waals surface area contributed by atoms with E-state index in [1.165, 1.54) is 0 Å². The van der Waals surface area contributed by atoms with Gasteiger partial charge < -0.3 is 4.74 Å². The number of rotatable bonds is 4. The van der Waals surface area contributed by atoms with Crippen LogP contribution in [0.4, 0.5) is 0 Å². The van der Waals surface area contributed by atoms with Crippen LogP contribution in [0.15, 0.2) is 54.6 Å². The van der Waals surface area contributed by atoms with E-state index in [0.717, 1.165) is 22.1 Å². The minimum absolute atomic E-state index is 0.411. The van der Waals surface area contributed by atoms with Gasteiger partial charge in [0.25, 0.3) is 11.8 Å². The third-order valence-corrected chi connectivity index (χ3v) is 4.73. The molecule has 2 N–H and O–H groups in total. The number of amides is 2. The largest absolute Gasteiger partial charge is 0.481 e. The maximum atomic E-state index is 12.1. The van der Waals surface area contributed by atoms with Gasteiger partial charge in [-0.25, -0.2) is 0 Å². The van der Waals surface area contributed by atoms with Crippen molar-refractivity contribution in [2.24, 2.45) is 0 Å². The molecule has 1 aromatic heterocycles. The summed E-state index contributed by atoms with van der Waals surface area (Å²) in [6, 6.07) is 16.7. The smallest absolute Gasteiger partial charge is 0.279 e. The molecule has 0 aliphatic carbocycles. The maximum absolute atomic E-state index is 12.1. The summed E-state index contributed by atoms with van der Waals surface area (Å²) in [5, 5.41) is 2.12. The summed E-state index contributed by atoms with van der Waals surface area (Å²) < 4.78 is 6.15. The quantitative estimate of drug-likeness (QED) is 0.683. The third-order valence-electron chi connectivity index (χ3n) is 3.50. The number of ether oxygens (including phenoxy) is 1. The highest BCUT2D eigenvalue weighted by molar-refractivity contribution is 7.17. The fourth-order valence-electron chi connectivity index (χ4n) is 2.22. The molecule has 0 saturated heterocycles. The van der Waals surface area contributed by atoms with Gasteiger partial charge in [-0.2, -0.15) is 0 Å². The van der Waals surface area contributed by atoms with Crippen molar-refractivity contribution in [2.45, 2.75) is 13.0 Å². The summed E-state index contributed by atoms with van der Waals surface area (Å²) in [6.07, 6.45) is -0.770. The molecule has 7 heteroatoms. The molecule has 3 rings (SSSR count). The number of thiophene rings is 1. The first-order valence-corrected chi connectivity index (χ1v) is 8.73. The summed E-state index contributed by atoms with van der Waals surface area (Å²) in [5.41, 5.74) is 4.69. The van der Waals surface area contributed by atoms with Crippen LogP contribution in [0.2, 0.25) is 4.34 Å². The zero-order valence-electron chi connectivity index (χ0n) is 13.3. The lowest BCUT2D eigenvalue weighted by molar-refractivity contribution is -0.128. The van der Waals surface area contributed by atoms with Crippen LogP contribution in [0.1, 0.15) is 16.6 Å². The first-order valence-electron chi connectivity index (χ1n) is 7.54. The van der Waals surface area contributed by atoms with Crippen molar-refractivity contribution >= 4 is 45.5 Å². The molecule has 0 saturated carbocycles. The van der Waals surface area contributed by atoms with E-state index in [1.807, 2.05) is 36.4 Å². The molecule has 128 valence electrons. The van der Waals surface area contributed by atoms with Crippen LogP contribution in [0.3, 0.4) is 0 Å². The van der Waals surface area contributed by atoms with Crippen LogP contribution in [0.25, 0.3) is 10.8 Å². The van der Waals surface area contributed by atoms with Crippen LogP contribution >= 0.6 is 22.9 Å². The molecule has 3 aromatic rings. The number of halogens is 1. The molecular formula is C18H15ClN2O3S. The van der Waals surface area contributed by atoms with Gasteiger partial charge >= 0.3 is 0 Å². The molecule has 2 amide bonds. The molecule has 0 spiro atoms. The molecule has 0 fully saturated rings. The Kier molecular flexibility index (Phi) is 5.21. The van der Waals surface area contributed by atoms with Crippen LogP contribution in [0.5, 0.6) is 5.75 Å². The second kappa shape index (κ2) is 7.55. The number of carbonyl (C=O) groups excluding carboxylic acids is 2. The Balaban J connectivity index is 1.57. The number of carbonyl (C=O) groups is 2. The first kappa shape index (κ1) is 17.3. The predicted molar refractivity (Wildman–Crippen MR) is 99.0 cm³/mol. The Labute approximate surface area is 153 Å². The fraction of sp³-hybridized carbons (Fsp3) is 0.111. The standard InChI is InChI=1S/C18H15ClN2O3S/c1-11(17(22)20-21-18(23)15-8-9-16(19)25-15)24-14-7-6-12-4-2-3-5-13(12)10-14/h2-11H,1H3,(H,20,22)(H,21,23)/t11-/m1/s1. The zero-order chi connectivity index (χ0) is 17.8. The lowest BCUT2D eigenvalue weighted by Gasteiger charge is -2.15. The van der Waals surface area contributed by atoms with E-state index >= 15 is 0 Å². The maximum Gasteiger partial charge on any atom is 0.279 e. The number of hydrazine groups is 1. The third kappa shape index (κ3) is 4.29. The molecule has 25 heavy (non-hydrogen) atoms. The molecule has 0 aliphatic heterocycles. The Morgan fingerprint density at radius 3 is 2.52 bits per heavy atom. The monoisotopic (exact) mass is 374 g/mol. The van der Waals surface area contributed by atoms with Crippen molar-refractivity contribution in [1.82, 2.24) is 10.9 Å². The average molecular weight is 375 g/mol. The zero-order valence-corrected chi connectivity index (χ0v) is 14.9. The Morgan fingerprint density at radius 2 is 1.80 bits per heavy atom. The van der Waals surface area contributed by atoms with Crippen LogP contribution in [-0.4, -0.2) is 17.9 Å². The van der Waals surface area contributed by atoms with Crippen molar-refractivity contribution in [3.05, 3.63) is 63.8 Å². The molecule has 0 unspecified atom stereocenters. The Bertz CT molecular complexity index is 925. The van der Waals surface area contributed by atoms with Gasteiger partial charge in [0.15, 0.2) is 6.10 Å². The Morgan fingerprint density at radius 1 is 1.04 bits per heavy atom. The highest BCUT2D eigenvalue weighted by Gasteiger charge is 2.16. The molecule has 0 radical (unpaired) electrons. The van der Waals surface area contributed by atoms with Crippen LogP contribution in [0, 0.1) is 0 Å². The van der Waals surface area contributed by atoms with Gasteiger partial charge in [0, 0.05) is 0 Å². The highest BCUT2D eigenvalue weighted by atomic mass is 35.5. The van der Waals surface area contributed by atoms with Crippen molar-refractivity contribution in [2.75, 3.05) is 0 Å². The highest BCUT2D eigenvalue weighted by Crippen LogP contribution is 2.22. The molecule has 1 heterocycles. The number of nitrogens with one attached hydrogen (secondary N) is 2. The van der Waals surface area contributed by atoms with Gasteiger partial charge in [0.05, 0.1) is 9.21 Å². The SMILES string of the molecule is C[C@@H](Oc1ccc2ccccc2c1)C(=O)NNC(=O)c1ccc(Cl)s1. The number of hydrogen-bond acceptors (Lipinski definition) is 4. The van der Waals surface area contributed by atoms with Crippen molar-refractivity contribution in [3.8, 4) is 5.75 Å². The molecule has 2 aromatic carbocycles. The summed E-state index contributed by atoms with van der Waals surface area (Å²) in [4.78, 5) is 24.4. The lowest BCUT2D eigenvalue weighted by Crippen LogP contribution is -2.47. The lowest BCUT2D eigenvalue weighted by atomic mass is 10.1.